The predicted molar refractivity (Wildman–Crippen MR) is 105 cm³/mol. The quantitative estimate of drug-likeness (QED) is 0.563. The number of anilines is 1. The average molecular weight is 430 g/mol. The van der Waals surface area contributed by atoms with Crippen LogP contribution in [-0.4, -0.2) is 30.8 Å². The molecule has 0 heterocycles. The zero-order valence-corrected chi connectivity index (χ0v) is 16.3. The highest BCUT2D eigenvalue weighted by atomic mass is 79.9. The number of aliphatic hydroxyl groups is 1. The van der Waals surface area contributed by atoms with Crippen molar-refractivity contribution in [3.8, 4) is 5.75 Å². The largest absolute Gasteiger partial charge is 0.483 e. The van der Waals surface area contributed by atoms with Gasteiger partial charge in [0.1, 0.15) is 5.75 Å². The molecule has 1 amide bonds. The third-order valence-electron chi connectivity index (χ3n) is 3.32. The van der Waals surface area contributed by atoms with Crippen molar-refractivity contribution in [1.82, 2.24) is 5.32 Å². The summed E-state index contributed by atoms with van der Waals surface area (Å²) in [5.74, 6) is 0.429. The van der Waals surface area contributed by atoms with Crippen LogP contribution in [0.25, 0.3) is 0 Å². The fourth-order valence-electron chi connectivity index (χ4n) is 2.11. The molecular weight excluding hydrogens is 408 g/mol. The summed E-state index contributed by atoms with van der Waals surface area (Å²) < 4.78 is 6.58. The number of aliphatic hydroxyl groups excluding tert-OH is 1. The molecule has 0 spiro atoms. The molecule has 0 atom stereocenters. The van der Waals surface area contributed by atoms with Crippen LogP contribution in [0.5, 0.6) is 5.75 Å². The van der Waals surface area contributed by atoms with E-state index in [0.717, 1.165) is 21.3 Å². The van der Waals surface area contributed by atoms with E-state index in [-0.39, 0.29) is 31.5 Å². The number of carbonyl (C=O) groups is 1. The summed E-state index contributed by atoms with van der Waals surface area (Å²) >= 11 is 3.42. The fourth-order valence-corrected chi connectivity index (χ4v) is 2.51. The molecule has 0 bridgehead atoms. The molecule has 25 heavy (non-hydrogen) atoms. The number of ether oxygens (including phenoxy) is 1. The van der Waals surface area contributed by atoms with Crippen LogP contribution in [0.2, 0.25) is 0 Å². The summed E-state index contributed by atoms with van der Waals surface area (Å²) in [6, 6.07) is 13.2. The Hall–Kier alpha value is -1.60. The molecule has 2 aromatic carbocycles. The number of aryl methyl sites for hydroxylation is 1. The molecule has 3 N–H and O–H groups in total. The summed E-state index contributed by atoms with van der Waals surface area (Å²) in [6.45, 7) is 3.05. The highest BCUT2D eigenvalue weighted by molar-refractivity contribution is 9.10. The van der Waals surface area contributed by atoms with Gasteiger partial charge in [0.25, 0.3) is 5.91 Å². The molecule has 2 rings (SSSR count). The van der Waals surface area contributed by atoms with Gasteiger partial charge in [-0.05, 0) is 37.3 Å². The van der Waals surface area contributed by atoms with Crippen molar-refractivity contribution < 1.29 is 14.6 Å². The Balaban J connectivity index is 0.00000312. The molecule has 136 valence electrons. The van der Waals surface area contributed by atoms with E-state index < -0.39 is 0 Å². The van der Waals surface area contributed by atoms with Crippen LogP contribution in [0, 0.1) is 6.92 Å². The van der Waals surface area contributed by atoms with Gasteiger partial charge in [0.15, 0.2) is 6.61 Å². The highest BCUT2D eigenvalue weighted by Gasteiger charge is 2.08. The molecule has 0 radical (unpaired) electrons. The van der Waals surface area contributed by atoms with E-state index >= 15 is 0 Å². The van der Waals surface area contributed by atoms with Crippen LogP contribution in [-0.2, 0) is 11.3 Å². The van der Waals surface area contributed by atoms with Gasteiger partial charge < -0.3 is 20.5 Å². The topological polar surface area (TPSA) is 70.6 Å². The molecular formula is C18H22BrClN2O3. The van der Waals surface area contributed by atoms with Gasteiger partial charge in [0.05, 0.1) is 6.61 Å². The van der Waals surface area contributed by atoms with Crippen molar-refractivity contribution in [2.75, 3.05) is 25.1 Å². The van der Waals surface area contributed by atoms with E-state index in [2.05, 4.69) is 26.6 Å². The summed E-state index contributed by atoms with van der Waals surface area (Å²) in [5.41, 5.74) is 2.80. The van der Waals surface area contributed by atoms with Crippen LogP contribution in [0.3, 0.4) is 0 Å². The molecule has 0 saturated carbocycles. The summed E-state index contributed by atoms with van der Waals surface area (Å²) in [6.07, 6.45) is 0. The molecule has 2 aromatic rings. The molecule has 7 heteroatoms. The zero-order chi connectivity index (χ0) is 17.4. The normalized spacial score (nSPS) is 10.0. The van der Waals surface area contributed by atoms with Crippen molar-refractivity contribution in [2.24, 2.45) is 0 Å². The van der Waals surface area contributed by atoms with E-state index in [1.807, 2.05) is 49.4 Å². The Morgan fingerprint density at radius 3 is 2.60 bits per heavy atom. The lowest BCUT2D eigenvalue weighted by Gasteiger charge is -2.13. The Morgan fingerprint density at radius 1 is 1.20 bits per heavy atom. The SMILES string of the molecule is Cc1ccc(NC(=O)COc2ccc(Br)cc2CNCCO)cc1.Cl. The molecule has 0 aromatic heterocycles. The Morgan fingerprint density at radius 2 is 1.92 bits per heavy atom. The number of benzene rings is 2. The number of hydrogen-bond acceptors (Lipinski definition) is 4. The smallest absolute Gasteiger partial charge is 0.262 e. The van der Waals surface area contributed by atoms with Crippen molar-refractivity contribution in [1.29, 1.82) is 0 Å². The van der Waals surface area contributed by atoms with E-state index in [1.165, 1.54) is 0 Å². The highest BCUT2D eigenvalue weighted by Crippen LogP contribution is 2.23. The van der Waals surface area contributed by atoms with Gasteiger partial charge in [-0.2, -0.15) is 0 Å². The first-order chi connectivity index (χ1) is 11.6. The van der Waals surface area contributed by atoms with Gasteiger partial charge in [-0.1, -0.05) is 33.6 Å². The minimum Gasteiger partial charge on any atom is -0.483 e. The second-order valence-electron chi connectivity index (χ2n) is 5.36. The van der Waals surface area contributed by atoms with E-state index in [4.69, 9.17) is 9.84 Å². The lowest BCUT2D eigenvalue weighted by molar-refractivity contribution is -0.118. The molecule has 5 nitrogen and oxygen atoms in total. The minimum absolute atomic E-state index is 0. The van der Waals surface area contributed by atoms with Crippen LogP contribution in [0.1, 0.15) is 11.1 Å². The minimum atomic E-state index is -0.212. The first kappa shape index (κ1) is 21.4. The van der Waals surface area contributed by atoms with Crippen molar-refractivity contribution in [3.05, 3.63) is 58.1 Å². The maximum atomic E-state index is 12.0. The Bertz CT molecular complexity index is 681. The van der Waals surface area contributed by atoms with Crippen LogP contribution in [0.15, 0.2) is 46.9 Å². The number of halogens is 2. The maximum absolute atomic E-state index is 12.0. The molecule has 0 aliphatic heterocycles. The maximum Gasteiger partial charge on any atom is 0.262 e. The third kappa shape index (κ3) is 7.44. The van der Waals surface area contributed by atoms with E-state index in [0.29, 0.717) is 18.8 Å². The van der Waals surface area contributed by atoms with Crippen molar-refractivity contribution >= 4 is 39.9 Å². The van der Waals surface area contributed by atoms with Gasteiger partial charge in [0, 0.05) is 28.8 Å². The van der Waals surface area contributed by atoms with Crippen LogP contribution < -0.4 is 15.4 Å². The molecule has 0 saturated heterocycles. The number of amides is 1. The molecule has 0 unspecified atom stereocenters. The summed E-state index contributed by atoms with van der Waals surface area (Å²) in [4.78, 5) is 12.0. The standard InChI is InChI=1S/C18H21BrN2O3.ClH/c1-13-2-5-16(6-3-13)21-18(23)12-24-17-7-4-15(19)10-14(17)11-20-8-9-22;/h2-7,10,20,22H,8-9,11-12H2,1H3,(H,21,23);1H. The Labute approximate surface area is 162 Å². The number of hydrogen-bond donors (Lipinski definition) is 3. The van der Waals surface area contributed by atoms with Crippen molar-refractivity contribution in [2.45, 2.75) is 13.5 Å². The van der Waals surface area contributed by atoms with Gasteiger partial charge >= 0.3 is 0 Å². The second-order valence-corrected chi connectivity index (χ2v) is 6.27. The van der Waals surface area contributed by atoms with Crippen LogP contribution in [0.4, 0.5) is 5.69 Å². The van der Waals surface area contributed by atoms with E-state index in [9.17, 15) is 4.79 Å². The summed E-state index contributed by atoms with van der Waals surface area (Å²) in [7, 11) is 0. The van der Waals surface area contributed by atoms with Gasteiger partial charge in [-0.15, -0.1) is 12.4 Å². The fraction of sp³-hybridized carbons (Fsp3) is 0.278. The molecule has 0 aliphatic rings. The Kier molecular flexibility index (Phi) is 9.52. The number of carbonyl (C=O) groups excluding carboxylic acids is 1. The lowest BCUT2D eigenvalue weighted by atomic mass is 10.2. The molecule has 0 aliphatic carbocycles. The third-order valence-corrected chi connectivity index (χ3v) is 3.81. The first-order valence-corrected chi connectivity index (χ1v) is 8.47. The van der Waals surface area contributed by atoms with E-state index in [1.54, 1.807) is 0 Å². The lowest BCUT2D eigenvalue weighted by Crippen LogP contribution is -2.22. The monoisotopic (exact) mass is 428 g/mol. The summed E-state index contributed by atoms with van der Waals surface area (Å²) in [5, 5.41) is 14.7. The van der Waals surface area contributed by atoms with Crippen LogP contribution >= 0.6 is 28.3 Å². The van der Waals surface area contributed by atoms with Gasteiger partial charge in [-0.3, -0.25) is 4.79 Å². The molecule has 0 fully saturated rings. The number of rotatable bonds is 8. The second kappa shape index (κ2) is 11.1. The van der Waals surface area contributed by atoms with Crippen molar-refractivity contribution in [3.63, 3.8) is 0 Å². The van der Waals surface area contributed by atoms with Gasteiger partial charge in [0.2, 0.25) is 0 Å². The van der Waals surface area contributed by atoms with Gasteiger partial charge in [-0.25, -0.2) is 0 Å². The first-order valence-electron chi connectivity index (χ1n) is 7.68. The number of nitrogens with one attached hydrogen (secondary N) is 2. The predicted octanol–water partition coefficient (Wildman–Crippen LogP) is 3.28. The average Bonchev–Trinajstić information content (AvgIpc) is 2.56. The zero-order valence-electron chi connectivity index (χ0n) is 13.9.